The summed E-state index contributed by atoms with van der Waals surface area (Å²) >= 11 is 0. The first kappa shape index (κ1) is 16.8. The molecule has 1 aliphatic rings. The van der Waals surface area contributed by atoms with Gasteiger partial charge in [-0.15, -0.1) is 0 Å². The van der Waals surface area contributed by atoms with Crippen LogP contribution in [0.2, 0.25) is 0 Å². The number of urea groups is 1. The molecule has 0 aromatic carbocycles. The summed E-state index contributed by atoms with van der Waals surface area (Å²) in [6.45, 7) is 3.16. The normalized spacial score (nSPS) is 23.9. The summed E-state index contributed by atoms with van der Waals surface area (Å²) in [6.07, 6.45) is 4.20. The highest BCUT2D eigenvalue weighted by Crippen LogP contribution is 2.27. The Morgan fingerprint density at radius 2 is 1.90 bits per heavy atom. The molecule has 0 saturated heterocycles. The lowest BCUT2D eigenvalue weighted by Crippen LogP contribution is -2.42. The highest BCUT2D eigenvalue weighted by Gasteiger charge is 2.19. The molecule has 1 unspecified atom stereocenters. The molecule has 0 aliphatic heterocycles. The third-order valence-electron chi connectivity index (χ3n) is 3.91. The Hall–Kier alpha value is -1.30. The largest absolute Gasteiger partial charge is 0.481 e. The van der Waals surface area contributed by atoms with Crippen molar-refractivity contribution in [2.75, 3.05) is 20.2 Å². The van der Waals surface area contributed by atoms with Gasteiger partial charge in [0, 0.05) is 20.2 Å². The van der Waals surface area contributed by atoms with E-state index in [0.717, 1.165) is 5.92 Å². The van der Waals surface area contributed by atoms with E-state index in [0.29, 0.717) is 12.5 Å². The van der Waals surface area contributed by atoms with Crippen molar-refractivity contribution < 1.29 is 19.4 Å². The monoisotopic (exact) mass is 286 g/mol. The maximum absolute atomic E-state index is 11.6. The van der Waals surface area contributed by atoms with Crippen LogP contribution in [-0.2, 0) is 9.53 Å². The van der Waals surface area contributed by atoms with Gasteiger partial charge < -0.3 is 20.5 Å². The lowest BCUT2D eigenvalue weighted by molar-refractivity contribution is -0.139. The van der Waals surface area contributed by atoms with E-state index in [1.807, 2.05) is 0 Å². The summed E-state index contributed by atoms with van der Waals surface area (Å²) in [4.78, 5) is 22.2. The summed E-state index contributed by atoms with van der Waals surface area (Å²) in [5.74, 6) is 0.433. The Bertz CT molecular complexity index is 314. The quantitative estimate of drug-likeness (QED) is 0.663. The molecule has 2 amide bonds. The molecule has 1 rings (SSSR count). The van der Waals surface area contributed by atoms with Gasteiger partial charge in [0.1, 0.15) is 0 Å². The number of nitrogens with one attached hydrogen (secondary N) is 2. The first-order valence-electron chi connectivity index (χ1n) is 7.27. The van der Waals surface area contributed by atoms with Crippen molar-refractivity contribution in [2.24, 2.45) is 11.8 Å². The van der Waals surface area contributed by atoms with Crippen molar-refractivity contribution >= 4 is 12.0 Å². The van der Waals surface area contributed by atoms with Gasteiger partial charge in [-0.25, -0.2) is 4.79 Å². The summed E-state index contributed by atoms with van der Waals surface area (Å²) in [5, 5.41) is 14.2. The first-order valence-corrected chi connectivity index (χ1v) is 7.27. The number of carboxylic acids is 1. The third kappa shape index (κ3) is 6.75. The van der Waals surface area contributed by atoms with Crippen molar-refractivity contribution in [3.63, 3.8) is 0 Å². The second-order valence-electron chi connectivity index (χ2n) is 5.67. The molecule has 3 N–H and O–H groups in total. The van der Waals surface area contributed by atoms with Crippen LogP contribution in [-0.4, -0.2) is 43.4 Å². The van der Waals surface area contributed by atoms with Crippen LogP contribution in [0.4, 0.5) is 4.79 Å². The highest BCUT2D eigenvalue weighted by molar-refractivity contribution is 5.74. The summed E-state index contributed by atoms with van der Waals surface area (Å²) < 4.78 is 4.99. The molecule has 6 nitrogen and oxygen atoms in total. The van der Waals surface area contributed by atoms with Gasteiger partial charge >= 0.3 is 12.0 Å². The topological polar surface area (TPSA) is 87.7 Å². The van der Waals surface area contributed by atoms with Crippen LogP contribution in [0.1, 0.15) is 39.0 Å². The number of amides is 2. The molecule has 0 heterocycles. The number of carbonyl (C=O) groups is 2. The Morgan fingerprint density at radius 1 is 1.25 bits per heavy atom. The van der Waals surface area contributed by atoms with Gasteiger partial charge in [-0.3, -0.25) is 4.79 Å². The molecule has 0 bridgehead atoms. The van der Waals surface area contributed by atoms with E-state index in [4.69, 9.17) is 9.84 Å². The Labute approximate surface area is 120 Å². The van der Waals surface area contributed by atoms with Gasteiger partial charge in [0.2, 0.25) is 0 Å². The minimum Gasteiger partial charge on any atom is -0.481 e. The molecule has 1 fully saturated rings. The fourth-order valence-corrected chi connectivity index (χ4v) is 2.47. The molecular weight excluding hydrogens is 260 g/mol. The van der Waals surface area contributed by atoms with Crippen LogP contribution >= 0.6 is 0 Å². The number of aliphatic carboxylic acids is 1. The number of methoxy groups -OCH3 is 1. The lowest BCUT2D eigenvalue weighted by Gasteiger charge is -2.26. The number of carboxylic acid groups (broad SMARTS) is 1. The smallest absolute Gasteiger partial charge is 0.314 e. The Kier molecular flexibility index (Phi) is 7.36. The number of carbonyl (C=O) groups excluding carboxylic acids is 1. The third-order valence-corrected chi connectivity index (χ3v) is 3.91. The maximum atomic E-state index is 11.6. The number of rotatable bonds is 7. The Morgan fingerprint density at radius 3 is 2.45 bits per heavy atom. The summed E-state index contributed by atoms with van der Waals surface area (Å²) in [7, 11) is 1.44. The van der Waals surface area contributed by atoms with Crippen LogP contribution in [0, 0.1) is 11.8 Å². The minimum atomic E-state index is -0.935. The average molecular weight is 286 g/mol. The molecule has 0 aromatic heterocycles. The van der Waals surface area contributed by atoms with Gasteiger partial charge in [0.15, 0.2) is 0 Å². The predicted octanol–water partition coefficient (Wildman–Crippen LogP) is 1.60. The number of ether oxygens (including phenoxy) is 1. The van der Waals surface area contributed by atoms with E-state index >= 15 is 0 Å². The van der Waals surface area contributed by atoms with E-state index in [-0.39, 0.29) is 19.0 Å². The minimum absolute atomic E-state index is 0.114. The van der Waals surface area contributed by atoms with Crippen LogP contribution in [0.3, 0.4) is 0 Å². The number of hydrogen-bond donors (Lipinski definition) is 3. The van der Waals surface area contributed by atoms with Crippen LogP contribution in [0.15, 0.2) is 0 Å². The highest BCUT2D eigenvalue weighted by atomic mass is 16.5. The van der Waals surface area contributed by atoms with E-state index in [1.54, 1.807) is 0 Å². The first-order chi connectivity index (χ1) is 9.51. The molecular formula is C14H26N2O4. The average Bonchev–Trinajstić information content (AvgIpc) is 2.42. The zero-order valence-corrected chi connectivity index (χ0v) is 12.4. The molecule has 116 valence electrons. The van der Waals surface area contributed by atoms with Crippen molar-refractivity contribution in [3.8, 4) is 0 Å². The lowest BCUT2D eigenvalue weighted by atomic mass is 9.83. The molecule has 0 radical (unpaired) electrons. The standard InChI is InChI=1S/C14H26N2O4/c1-10-3-5-11(6-4-10)8-15-14(19)16-9-12(20-2)7-13(17)18/h10-12H,3-9H2,1-2H3,(H,17,18)(H2,15,16,19). The zero-order valence-electron chi connectivity index (χ0n) is 12.4. The van der Waals surface area contributed by atoms with E-state index in [1.165, 1.54) is 32.8 Å². The van der Waals surface area contributed by atoms with Gasteiger partial charge in [-0.1, -0.05) is 19.8 Å². The fourth-order valence-electron chi connectivity index (χ4n) is 2.47. The molecule has 0 spiro atoms. The number of hydrogen-bond acceptors (Lipinski definition) is 3. The zero-order chi connectivity index (χ0) is 15.0. The molecule has 1 aliphatic carbocycles. The molecule has 0 aromatic rings. The van der Waals surface area contributed by atoms with Gasteiger partial charge in [-0.2, -0.15) is 0 Å². The fraction of sp³-hybridized carbons (Fsp3) is 0.857. The summed E-state index contributed by atoms with van der Waals surface area (Å²) in [6, 6.07) is -0.254. The van der Waals surface area contributed by atoms with E-state index in [9.17, 15) is 9.59 Å². The molecule has 6 heteroatoms. The second-order valence-corrected chi connectivity index (χ2v) is 5.67. The van der Waals surface area contributed by atoms with Crippen LogP contribution < -0.4 is 10.6 Å². The van der Waals surface area contributed by atoms with Gasteiger partial charge in [0.05, 0.1) is 12.5 Å². The predicted molar refractivity (Wildman–Crippen MR) is 75.6 cm³/mol. The van der Waals surface area contributed by atoms with Gasteiger partial charge in [-0.05, 0) is 24.7 Å². The van der Waals surface area contributed by atoms with Crippen molar-refractivity contribution in [1.29, 1.82) is 0 Å². The molecule has 20 heavy (non-hydrogen) atoms. The second kappa shape index (κ2) is 8.79. The van der Waals surface area contributed by atoms with E-state index < -0.39 is 12.1 Å². The summed E-state index contributed by atoms with van der Waals surface area (Å²) in [5.41, 5.74) is 0. The van der Waals surface area contributed by atoms with Crippen molar-refractivity contribution in [3.05, 3.63) is 0 Å². The SMILES string of the molecule is COC(CNC(=O)NCC1CCC(C)CC1)CC(=O)O. The molecule has 1 saturated carbocycles. The Balaban J connectivity index is 2.15. The van der Waals surface area contributed by atoms with Gasteiger partial charge in [0.25, 0.3) is 0 Å². The van der Waals surface area contributed by atoms with Crippen LogP contribution in [0.25, 0.3) is 0 Å². The molecule has 1 atom stereocenters. The van der Waals surface area contributed by atoms with Crippen molar-refractivity contribution in [2.45, 2.75) is 45.1 Å². The maximum Gasteiger partial charge on any atom is 0.314 e. The van der Waals surface area contributed by atoms with Crippen LogP contribution in [0.5, 0.6) is 0 Å². The van der Waals surface area contributed by atoms with E-state index in [2.05, 4.69) is 17.6 Å². The van der Waals surface area contributed by atoms with Crippen molar-refractivity contribution in [1.82, 2.24) is 10.6 Å².